The number of esters is 1. The van der Waals surface area contributed by atoms with Gasteiger partial charge in [-0.05, 0) is 23.8 Å². The van der Waals surface area contributed by atoms with Crippen LogP contribution in [0.1, 0.15) is 16.1 Å². The van der Waals surface area contributed by atoms with Gasteiger partial charge < -0.3 is 14.2 Å². The van der Waals surface area contributed by atoms with E-state index in [0.29, 0.717) is 5.69 Å². The van der Waals surface area contributed by atoms with E-state index >= 15 is 0 Å². The molecule has 1 aliphatic heterocycles. The molecule has 0 N–H and O–H groups in total. The van der Waals surface area contributed by atoms with E-state index in [9.17, 15) is 4.79 Å². The predicted octanol–water partition coefficient (Wildman–Crippen LogP) is 2.79. The summed E-state index contributed by atoms with van der Waals surface area (Å²) in [6, 6.07) is 9.88. The van der Waals surface area contributed by atoms with Crippen LogP contribution in [0.4, 0.5) is 5.69 Å². The number of para-hydroxylation sites is 1. The van der Waals surface area contributed by atoms with Crippen molar-refractivity contribution in [1.82, 2.24) is 9.47 Å². The summed E-state index contributed by atoms with van der Waals surface area (Å²) in [6.45, 7) is 4.66. The molecule has 1 aromatic heterocycles. The highest BCUT2D eigenvalue weighted by Crippen LogP contribution is 2.26. The lowest BCUT2D eigenvalue weighted by Crippen LogP contribution is -2.46. The number of carbonyl (C=O) groups is 1. The van der Waals surface area contributed by atoms with Gasteiger partial charge in [0, 0.05) is 46.0 Å². The minimum absolute atomic E-state index is 0.299. The van der Waals surface area contributed by atoms with Crippen molar-refractivity contribution in [3.05, 3.63) is 52.8 Å². The summed E-state index contributed by atoms with van der Waals surface area (Å²) in [5.74, 6) is -0.299. The third-order valence-corrected chi connectivity index (χ3v) is 4.75. The van der Waals surface area contributed by atoms with E-state index in [2.05, 4.69) is 15.9 Å². The topological polar surface area (TPSA) is 37.7 Å². The van der Waals surface area contributed by atoms with E-state index < -0.39 is 0 Å². The standard InChI is InChI=1S/C18H22ClN3O2/c1-20-12-14(11-17(20)18(23)24-2)13-21-7-9-22(10-8-21)16-6-4-3-5-15(16)19/h3-6,11-12H,7-10,13H2,1-2H3. The van der Waals surface area contributed by atoms with Crippen LogP contribution in [0.25, 0.3) is 0 Å². The highest BCUT2D eigenvalue weighted by molar-refractivity contribution is 6.33. The summed E-state index contributed by atoms with van der Waals surface area (Å²) in [7, 11) is 3.27. The van der Waals surface area contributed by atoms with E-state index in [4.69, 9.17) is 16.3 Å². The Morgan fingerprint density at radius 3 is 2.58 bits per heavy atom. The molecule has 0 amide bonds. The number of nitrogens with zero attached hydrogens (tertiary/aromatic N) is 3. The van der Waals surface area contributed by atoms with Gasteiger partial charge in [-0.2, -0.15) is 0 Å². The van der Waals surface area contributed by atoms with Crippen LogP contribution in [0.15, 0.2) is 36.5 Å². The number of aromatic nitrogens is 1. The van der Waals surface area contributed by atoms with Crippen LogP contribution in [0, 0.1) is 0 Å². The number of methoxy groups -OCH3 is 1. The smallest absolute Gasteiger partial charge is 0.354 e. The highest BCUT2D eigenvalue weighted by atomic mass is 35.5. The molecular formula is C18H22ClN3O2. The minimum Gasteiger partial charge on any atom is -0.464 e. The Bertz CT molecular complexity index is 721. The van der Waals surface area contributed by atoms with Gasteiger partial charge in [0.2, 0.25) is 0 Å². The maximum absolute atomic E-state index is 11.7. The first-order valence-electron chi connectivity index (χ1n) is 8.04. The molecule has 6 heteroatoms. The average Bonchev–Trinajstić information content (AvgIpc) is 2.96. The third-order valence-electron chi connectivity index (χ3n) is 4.43. The molecule has 1 fully saturated rings. The molecule has 24 heavy (non-hydrogen) atoms. The number of carbonyl (C=O) groups excluding carboxylic acids is 1. The van der Waals surface area contributed by atoms with Crippen LogP contribution >= 0.6 is 11.6 Å². The quantitative estimate of drug-likeness (QED) is 0.797. The van der Waals surface area contributed by atoms with Crippen molar-refractivity contribution < 1.29 is 9.53 Å². The van der Waals surface area contributed by atoms with Crippen molar-refractivity contribution in [3.8, 4) is 0 Å². The van der Waals surface area contributed by atoms with Crippen molar-refractivity contribution in [1.29, 1.82) is 0 Å². The lowest BCUT2D eigenvalue weighted by molar-refractivity contribution is 0.0590. The summed E-state index contributed by atoms with van der Waals surface area (Å²) in [4.78, 5) is 16.4. The van der Waals surface area contributed by atoms with Crippen molar-refractivity contribution in [2.75, 3.05) is 38.2 Å². The maximum Gasteiger partial charge on any atom is 0.354 e. The normalized spacial score (nSPS) is 15.5. The van der Waals surface area contributed by atoms with Gasteiger partial charge in [0.25, 0.3) is 0 Å². The highest BCUT2D eigenvalue weighted by Gasteiger charge is 2.20. The number of halogens is 1. The van der Waals surface area contributed by atoms with Gasteiger partial charge in [-0.15, -0.1) is 0 Å². The number of rotatable bonds is 4. The number of hydrogen-bond donors (Lipinski definition) is 0. The SMILES string of the molecule is COC(=O)c1cc(CN2CCN(c3ccccc3Cl)CC2)cn1C. The number of benzene rings is 1. The molecule has 1 saturated heterocycles. The first-order chi connectivity index (χ1) is 11.6. The van der Waals surface area contributed by atoms with Crippen molar-refractivity contribution >= 4 is 23.3 Å². The molecule has 3 rings (SSSR count). The predicted molar refractivity (Wildman–Crippen MR) is 95.7 cm³/mol. The molecule has 0 bridgehead atoms. The summed E-state index contributed by atoms with van der Waals surface area (Å²) in [5, 5.41) is 0.803. The molecule has 128 valence electrons. The van der Waals surface area contributed by atoms with E-state index in [1.807, 2.05) is 42.1 Å². The van der Waals surface area contributed by atoms with Crippen LogP contribution in [0.2, 0.25) is 5.02 Å². The summed E-state index contributed by atoms with van der Waals surface area (Å²) in [6.07, 6.45) is 1.99. The van der Waals surface area contributed by atoms with Crippen LogP contribution in [-0.2, 0) is 18.3 Å². The van der Waals surface area contributed by atoms with E-state index in [1.54, 1.807) is 0 Å². The van der Waals surface area contributed by atoms with Gasteiger partial charge in [0.1, 0.15) is 5.69 Å². The summed E-state index contributed by atoms with van der Waals surface area (Å²) < 4.78 is 6.62. The molecule has 1 aliphatic rings. The first-order valence-corrected chi connectivity index (χ1v) is 8.41. The zero-order valence-electron chi connectivity index (χ0n) is 14.0. The Hall–Kier alpha value is -1.98. The lowest BCUT2D eigenvalue weighted by Gasteiger charge is -2.36. The van der Waals surface area contributed by atoms with Crippen molar-refractivity contribution in [3.63, 3.8) is 0 Å². The van der Waals surface area contributed by atoms with Crippen LogP contribution in [0.3, 0.4) is 0 Å². The van der Waals surface area contributed by atoms with E-state index in [-0.39, 0.29) is 5.97 Å². The Kier molecular flexibility index (Phi) is 5.11. The molecule has 2 heterocycles. The number of piperazine rings is 1. The molecule has 2 aromatic rings. The number of hydrogen-bond acceptors (Lipinski definition) is 4. The molecule has 0 aliphatic carbocycles. The average molecular weight is 348 g/mol. The van der Waals surface area contributed by atoms with Gasteiger partial charge in [-0.3, -0.25) is 4.90 Å². The van der Waals surface area contributed by atoms with Gasteiger partial charge in [0.05, 0.1) is 17.8 Å². The van der Waals surface area contributed by atoms with E-state index in [1.165, 1.54) is 7.11 Å². The van der Waals surface area contributed by atoms with Crippen molar-refractivity contribution in [2.45, 2.75) is 6.54 Å². The maximum atomic E-state index is 11.7. The van der Waals surface area contributed by atoms with Gasteiger partial charge in [-0.25, -0.2) is 4.79 Å². The molecule has 0 atom stereocenters. The zero-order valence-corrected chi connectivity index (χ0v) is 14.8. The van der Waals surface area contributed by atoms with Gasteiger partial charge in [-0.1, -0.05) is 23.7 Å². The molecule has 5 nitrogen and oxygen atoms in total. The fourth-order valence-electron chi connectivity index (χ4n) is 3.14. The second kappa shape index (κ2) is 7.28. The molecule has 0 radical (unpaired) electrons. The number of aryl methyl sites for hydroxylation is 1. The molecular weight excluding hydrogens is 326 g/mol. The van der Waals surface area contributed by atoms with Gasteiger partial charge >= 0.3 is 5.97 Å². The lowest BCUT2D eigenvalue weighted by atomic mass is 10.2. The minimum atomic E-state index is -0.299. The fraction of sp³-hybridized carbons (Fsp3) is 0.389. The molecule has 1 aromatic carbocycles. The number of anilines is 1. The van der Waals surface area contributed by atoms with Crippen LogP contribution in [0.5, 0.6) is 0 Å². The Morgan fingerprint density at radius 1 is 1.21 bits per heavy atom. The largest absolute Gasteiger partial charge is 0.464 e. The molecule has 0 unspecified atom stereocenters. The Labute approximate surface area is 147 Å². The summed E-state index contributed by atoms with van der Waals surface area (Å²) >= 11 is 6.29. The Morgan fingerprint density at radius 2 is 1.92 bits per heavy atom. The monoisotopic (exact) mass is 347 g/mol. The molecule has 0 spiro atoms. The first kappa shape index (κ1) is 16.9. The molecule has 0 saturated carbocycles. The zero-order chi connectivity index (χ0) is 17.1. The second-order valence-corrected chi connectivity index (χ2v) is 6.46. The van der Waals surface area contributed by atoms with E-state index in [0.717, 1.165) is 49.0 Å². The summed E-state index contributed by atoms with van der Waals surface area (Å²) in [5.41, 5.74) is 2.82. The number of ether oxygens (including phenoxy) is 1. The third kappa shape index (κ3) is 3.57. The van der Waals surface area contributed by atoms with Crippen LogP contribution < -0.4 is 4.90 Å². The van der Waals surface area contributed by atoms with Crippen LogP contribution in [-0.4, -0.2) is 48.7 Å². The Balaban J connectivity index is 1.60. The van der Waals surface area contributed by atoms with Gasteiger partial charge in [0.15, 0.2) is 0 Å². The van der Waals surface area contributed by atoms with Crippen molar-refractivity contribution in [2.24, 2.45) is 7.05 Å². The fourth-order valence-corrected chi connectivity index (χ4v) is 3.40. The second-order valence-electron chi connectivity index (χ2n) is 6.05.